The average molecular weight is 370 g/mol. The molecule has 1 aliphatic heterocycles. The van der Waals surface area contributed by atoms with Crippen LogP contribution >= 0.6 is 0 Å². The second-order valence-electron chi connectivity index (χ2n) is 6.91. The van der Waals surface area contributed by atoms with Gasteiger partial charge in [-0.1, -0.05) is 43.3 Å². The summed E-state index contributed by atoms with van der Waals surface area (Å²) in [6.45, 7) is 5.48. The Hall–Kier alpha value is -2.40. The highest BCUT2D eigenvalue weighted by Gasteiger charge is 2.20. The number of nitrogens with one attached hydrogen (secondary N) is 1. The average Bonchev–Trinajstić information content (AvgIpc) is 3.19. The summed E-state index contributed by atoms with van der Waals surface area (Å²) in [5, 5.41) is 2.95. The zero-order chi connectivity index (χ0) is 19.1. The quantitative estimate of drug-likeness (QED) is 0.766. The van der Waals surface area contributed by atoms with Crippen molar-refractivity contribution >= 4 is 5.91 Å². The highest BCUT2D eigenvalue weighted by molar-refractivity contribution is 5.81. The van der Waals surface area contributed by atoms with Crippen molar-refractivity contribution in [1.29, 1.82) is 0 Å². The molecule has 1 amide bonds. The molecule has 1 atom stereocenters. The van der Waals surface area contributed by atoms with Gasteiger partial charge in [0.25, 0.3) is 5.91 Å². The fraction of sp³-hybridized carbons (Fsp3) is 0.409. The van der Waals surface area contributed by atoms with Crippen molar-refractivity contribution in [3.63, 3.8) is 0 Å². The maximum absolute atomic E-state index is 13.8. The SMILES string of the molecule is CC[C@@H](Oc1ccccc1F)C(=O)NCc1ccccc1CN1CCCC1. The van der Waals surface area contributed by atoms with E-state index in [1.54, 1.807) is 12.1 Å². The van der Waals surface area contributed by atoms with Gasteiger partial charge >= 0.3 is 0 Å². The van der Waals surface area contributed by atoms with Crippen LogP contribution in [0.4, 0.5) is 4.39 Å². The van der Waals surface area contributed by atoms with Crippen LogP contribution in [0.15, 0.2) is 48.5 Å². The molecule has 1 fully saturated rings. The minimum atomic E-state index is -0.715. The first kappa shape index (κ1) is 19.4. The molecule has 0 radical (unpaired) electrons. The van der Waals surface area contributed by atoms with Crippen LogP contribution in [0.25, 0.3) is 0 Å². The van der Waals surface area contributed by atoms with Gasteiger partial charge < -0.3 is 10.1 Å². The molecule has 0 saturated carbocycles. The molecule has 144 valence electrons. The molecule has 1 heterocycles. The van der Waals surface area contributed by atoms with Crippen LogP contribution in [0.1, 0.15) is 37.3 Å². The lowest BCUT2D eigenvalue weighted by molar-refractivity contribution is -0.128. The van der Waals surface area contributed by atoms with Gasteiger partial charge in [-0.05, 0) is 55.6 Å². The minimum Gasteiger partial charge on any atom is -0.478 e. The first-order valence-electron chi connectivity index (χ1n) is 9.65. The predicted octanol–water partition coefficient (Wildman–Crippen LogP) is 3.90. The number of benzene rings is 2. The topological polar surface area (TPSA) is 41.6 Å². The Labute approximate surface area is 160 Å². The molecule has 27 heavy (non-hydrogen) atoms. The number of carbonyl (C=O) groups excluding carboxylic acids is 1. The molecule has 3 rings (SSSR count). The predicted molar refractivity (Wildman–Crippen MR) is 104 cm³/mol. The van der Waals surface area contributed by atoms with E-state index in [-0.39, 0.29) is 11.7 Å². The first-order valence-corrected chi connectivity index (χ1v) is 9.65. The fourth-order valence-corrected chi connectivity index (χ4v) is 3.38. The monoisotopic (exact) mass is 370 g/mol. The molecule has 0 aliphatic carbocycles. The molecule has 1 N–H and O–H groups in total. The fourth-order valence-electron chi connectivity index (χ4n) is 3.38. The molecule has 0 aromatic heterocycles. The second-order valence-corrected chi connectivity index (χ2v) is 6.91. The summed E-state index contributed by atoms with van der Waals surface area (Å²) in [5.41, 5.74) is 2.35. The Morgan fingerprint density at radius 2 is 1.78 bits per heavy atom. The van der Waals surface area contributed by atoms with E-state index in [0.29, 0.717) is 13.0 Å². The summed E-state index contributed by atoms with van der Waals surface area (Å²) in [6.07, 6.45) is 2.26. The van der Waals surface area contributed by atoms with Gasteiger partial charge in [0, 0.05) is 13.1 Å². The number of nitrogens with zero attached hydrogens (tertiary/aromatic N) is 1. The number of halogens is 1. The van der Waals surface area contributed by atoms with Crippen molar-refractivity contribution in [2.75, 3.05) is 13.1 Å². The lowest BCUT2D eigenvalue weighted by Crippen LogP contribution is -2.38. The van der Waals surface area contributed by atoms with Crippen LogP contribution in [0, 0.1) is 5.82 Å². The van der Waals surface area contributed by atoms with E-state index in [9.17, 15) is 9.18 Å². The number of rotatable bonds is 8. The van der Waals surface area contributed by atoms with Crippen molar-refractivity contribution in [3.05, 3.63) is 65.5 Å². The van der Waals surface area contributed by atoms with Crippen LogP contribution in [0.5, 0.6) is 5.75 Å². The van der Waals surface area contributed by atoms with Crippen molar-refractivity contribution < 1.29 is 13.9 Å². The van der Waals surface area contributed by atoms with Gasteiger partial charge in [-0.25, -0.2) is 4.39 Å². The van der Waals surface area contributed by atoms with Crippen LogP contribution in [0.2, 0.25) is 0 Å². The summed E-state index contributed by atoms with van der Waals surface area (Å²) in [6, 6.07) is 14.3. The smallest absolute Gasteiger partial charge is 0.261 e. The molecule has 5 heteroatoms. The van der Waals surface area contributed by atoms with Crippen molar-refractivity contribution in [2.24, 2.45) is 0 Å². The van der Waals surface area contributed by atoms with Gasteiger partial charge in [-0.15, -0.1) is 0 Å². The Morgan fingerprint density at radius 1 is 1.11 bits per heavy atom. The minimum absolute atomic E-state index is 0.105. The summed E-state index contributed by atoms with van der Waals surface area (Å²) >= 11 is 0. The Morgan fingerprint density at radius 3 is 2.48 bits per heavy atom. The van der Waals surface area contributed by atoms with E-state index >= 15 is 0 Å². The zero-order valence-corrected chi connectivity index (χ0v) is 15.8. The van der Waals surface area contributed by atoms with Crippen molar-refractivity contribution in [1.82, 2.24) is 10.2 Å². The van der Waals surface area contributed by atoms with Crippen molar-refractivity contribution in [3.8, 4) is 5.75 Å². The second kappa shape index (κ2) is 9.51. The standard InChI is InChI=1S/C22H27FN2O2/c1-2-20(27-21-12-6-5-11-19(21)23)22(26)24-15-17-9-3-4-10-18(17)16-25-13-7-8-14-25/h3-6,9-12,20H,2,7-8,13-16H2,1H3,(H,24,26)/t20-/m1/s1. The summed E-state index contributed by atoms with van der Waals surface area (Å²) in [5.74, 6) is -0.578. The molecule has 2 aromatic rings. The largest absolute Gasteiger partial charge is 0.478 e. The maximum atomic E-state index is 13.8. The highest BCUT2D eigenvalue weighted by atomic mass is 19.1. The van der Waals surface area contributed by atoms with E-state index in [2.05, 4.69) is 16.3 Å². The van der Waals surface area contributed by atoms with Crippen LogP contribution in [-0.2, 0) is 17.9 Å². The molecule has 4 nitrogen and oxygen atoms in total. The lowest BCUT2D eigenvalue weighted by Gasteiger charge is -2.20. The van der Waals surface area contributed by atoms with E-state index in [4.69, 9.17) is 4.74 Å². The van der Waals surface area contributed by atoms with Crippen molar-refractivity contribution in [2.45, 2.75) is 45.4 Å². The number of ether oxygens (including phenoxy) is 1. The number of hydrogen-bond donors (Lipinski definition) is 1. The maximum Gasteiger partial charge on any atom is 0.261 e. The molecular formula is C22H27FN2O2. The molecule has 0 unspecified atom stereocenters. The number of para-hydroxylation sites is 1. The number of carbonyl (C=O) groups is 1. The Bertz CT molecular complexity index is 759. The van der Waals surface area contributed by atoms with E-state index in [1.165, 1.54) is 30.5 Å². The van der Waals surface area contributed by atoms with E-state index in [1.807, 2.05) is 25.1 Å². The third-order valence-corrected chi connectivity index (χ3v) is 4.93. The number of likely N-dealkylation sites (tertiary alicyclic amines) is 1. The van der Waals surface area contributed by atoms with Gasteiger partial charge in [-0.3, -0.25) is 9.69 Å². The summed E-state index contributed by atoms with van der Waals surface area (Å²) in [7, 11) is 0. The van der Waals surface area contributed by atoms with Crippen LogP contribution in [0.3, 0.4) is 0 Å². The molecule has 0 bridgehead atoms. The highest BCUT2D eigenvalue weighted by Crippen LogP contribution is 2.19. The summed E-state index contributed by atoms with van der Waals surface area (Å²) in [4.78, 5) is 15.0. The summed E-state index contributed by atoms with van der Waals surface area (Å²) < 4.78 is 19.4. The van der Waals surface area contributed by atoms with Gasteiger partial charge in [0.15, 0.2) is 17.7 Å². The zero-order valence-electron chi connectivity index (χ0n) is 15.8. The number of amides is 1. The third-order valence-electron chi connectivity index (χ3n) is 4.93. The van der Waals surface area contributed by atoms with Gasteiger partial charge in [0.05, 0.1) is 0 Å². The molecule has 1 saturated heterocycles. The van der Waals surface area contributed by atoms with E-state index in [0.717, 1.165) is 25.2 Å². The third kappa shape index (κ3) is 5.30. The molecular weight excluding hydrogens is 343 g/mol. The van der Waals surface area contributed by atoms with Gasteiger partial charge in [0.1, 0.15) is 0 Å². The number of hydrogen-bond acceptors (Lipinski definition) is 3. The lowest BCUT2D eigenvalue weighted by atomic mass is 10.1. The van der Waals surface area contributed by atoms with Crippen LogP contribution in [-0.4, -0.2) is 30.0 Å². The van der Waals surface area contributed by atoms with Crippen LogP contribution < -0.4 is 10.1 Å². The molecule has 1 aliphatic rings. The van der Waals surface area contributed by atoms with Gasteiger partial charge in [-0.2, -0.15) is 0 Å². The normalized spacial score (nSPS) is 15.5. The van der Waals surface area contributed by atoms with E-state index < -0.39 is 11.9 Å². The Kier molecular flexibility index (Phi) is 6.82. The molecule has 2 aromatic carbocycles. The molecule has 0 spiro atoms. The first-order chi connectivity index (χ1) is 13.2. The van der Waals surface area contributed by atoms with Gasteiger partial charge in [0.2, 0.25) is 0 Å². The Balaban J connectivity index is 1.60.